The van der Waals surface area contributed by atoms with Crippen LogP contribution in [0.5, 0.6) is 5.75 Å². The van der Waals surface area contributed by atoms with Crippen molar-refractivity contribution in [3.05, 3.63) is 47.6 Å². The molecule has 0 radical (unpaired) electrons. The molecule has 0 amide bonds. The van der Waals surface area contributed by atoms with Crippen LogP contribution < -0.4 is 10.5 Å². The molecule has 4 fully saturated rings. The van der Waals surface area contributed by atoms with Crippen LogP contribution >= 0.6 is 11.8 Å². The maximum absolute atomic E-state index is 14.9. The summed E-state index contributed by atoms with van der Waals surface area (Å²) in [5.41, 5.74) is 6.52. The molecule has 9 heteroatoms. The van der Waals surface area contributed by atoms with Crippen LogP contribution in [0.4, 0.5) is 0 Å². The van der Waals surface area contributed by atoms with E-state index in [2.05, 4.69) is 41.5 Å². The lowest BCUT2D eigenvalue weighted by Gasteiger charge is -2.70. The van der Waals surface area contributed by atoms with Crippen molar-refractivity contribution < 1.29 is 33.4 Å². The first-order valence-corrected chi connectivity index (χ1v) is 21.5. The molecule has 5 aliphatic carbocycles. The summed E-state index contributed by atoms with van der Waals surface area (Å²) in [6, 6.07) is 6.55. The van der Waals surface area contributed by atoms with Gasteiger partial charge in [-0.2, -0.15) is 11.8 Å². The minimum atomic E-state index is -0.719. The van der Waals surface area contributed by atoms with Gasteiger partial charge in [0.1, 0.15) is 17.9 Å². The number of fused-ring (bicyclic) bond motifs is 7. The smallest absolute Gasteiger partial charge is 0.330 e. The van der Waals surface area contributed by atoms with E-state index < -0.39 is 17.4 Å². The van der Waals surface area contributed by atoms with Crippen molar-refractivity contribution in [2.24, 2.45) is 56.0 Å². The zero-order valence-corrected chi connectivity index (χ0v) is 34.9. The van der Waals surface area contributed by atoms with Gasteiger partial charge in [-0.15, -0.1) is 0 Å². The summed E-state index contributed by atoms with van der Waals surface area (Å²) in [5.74, 6) is 0.643. The Bertz CT molecular complexity index is 1740. The quantitative estimate of drug-likeness (QED) is 0.150. The van der Waals surface area contributed by atoms with E-state index in [1.165, 1.54) is 18.8 Å². The minimum Gasteiger partial charge on any atom is -0.466 e. The van der Waals surface area contributed by atoms with Gasteiger partial charge in [-0.3, -0.25) is 14.4 Å². The van der Waals surface area contributed by atoms with E-state index in [0.29, 0.717) is 18.6 Å². The van der Waals surface area contributed by atoms with Crippen molar-refractivity contribution >= 4 is 41.5 Å². The van der Waals surface area contributed by atoms with Gasteiger partial charge in [-0.05, 0) is 146 Å². The maximum Gasteiger partial charge on any atom is 0.330 e. The van der Waals surface area contributed by atoms with Crippen molar-refractivity contribution in [1.29, 1.82) is 0 Å². The lowest BCUT2D eigenvalue weighted by molar-refractivity contribution is -0.211. The van der Waals surface area contributed by atoms with Crippen LogP contribution in [-0.4, -0.2) is 55.0 Å². The molecule has 0 unspecified atom stereocenters. The number of hydrogen-bond acceptors (Lipinski definition) is 9. The molecular formula is C45H63NO7S. The highest BCUT2D eigenvalue weighted by Crippen LogP contribution is 2.75. The first-order chi connectivity index (χ1) is 25.3. The SMILES string of the molecule is COC(=O)/C=C/c1cccc(OC(=O)[C@@]2(C)CC[C@]3(C)CC[C@]4(C)C(=CC(=O)[C@@H]5[C@@]6(C)CC[C@H](OC(=O)[C@@H](N)CCSC)C(C)(C)[C@@H]6CC[C@]54C)[C@H]3C2)c1. The monoisotopic (exact) mass is 761 g/mol. The number of hydrogen-bond donors (Lipinski definition) is 1. The molecular weight excluding hydrogens is 699 g/mol. The molecule has 1 aromatic carbocycles. The van der Waals surface area contributed by atoms with Gasteiger partial charge in [0.15, 0.2) is 5.78 Å². The third-order valence-electron chi connectivity index (χ3n) is 15.9. The van der Waals surface area contributed by atoms with Gasteiger partial charge in [0.2, 0.25) is 0 Å². The number of thioether (sulfide) groups is 1. The van der Waals surface area contributed by atoms with Crippen LogP contribution in [0.1, 0.15) is 118 Å². The average molecular weight is 762 g/mol. The average Bonchev–Trinajstić information content (AvgIpc) is 3.12. The summed E-state index contributed by atoms with van der Waals surface area (Å²) < 4.78 is 17.0. The lowest BCUT2D eigenvalue weighted by atomic mass is 9.33. The molecule has 54 heavy (non-hydrogen) atoms. The van der Waals surface area contributed by atoms with E-state index >= 15 is 0 Å². The topological polar surface area (TPSA) is 122 Å². The largest absolute Gasteiger partial charge is 0.466 e. The molecule has 0 spiro atoms. The molecule has 4 saturated carbocycles. The van der Waals surface area contributed by atoms with Crippen LogP contribution in [0.25, 0.3) is 6.08 Å². The van der Waals surface area contributed by atoms with Crippen molar-refractivity contribution in [1.82, 2.24) is 0 Å². The molecule has 0 bridgehead atoms. The molecule has 10 atom stereocenters. The fourth-order valence-electron chi connectivity index (χ4n) is 12.3. The fourth-order valence-corrected chi connectivity index (χ4v) is 12.8. The molecule has 2 N–H and O–H groups in total. The second kappa shape index (κ2) is 14.5. The predicted octanol–water partition coefficient (Wildman–Crippen LogP) is 8.75. The van der Waals surface area contributed by atoms with Gasteiger partial charge >= 0.3 is 17.9 Å². The van der Waals surface area contributed by atoms with Crippen molar-refractivity contribution in [2.75, 3.05) is 19.1 Å². The number of carbonyl (C=O) groups excluding carboxylic acids is 4. The first kappa shape index (κ1) is 40.7. The summed E-state index contributed by atoms with van der Waals surface area (Å²) in [5, 5.41) is 0. The van der Waals surface area contributed by atoms with Crippen molar-refractivity contribution in [3.63, 3.8) is 0 Å². The zero-order chi connectivity index (χ0) is 39.5. The third-order valence-corrected chi connectivity index (χ3v) is 16.5. The predicted molar refractivity (Wildman–Crippen MR) is 213 cm³/mol. The van der Waals surface area contributed by atoms with Crippen LogP contribution in [0, 0.1) is 50.2 Å². The number of nitrogens with two attached hydrogens (primary N) is 1. The van der Waals surface area contributed by atoms with Crippen LogP contribution in [0.2, 0.25) is 0 Å². The highest BCUT2D eigenvalue weighted by Gasteiger charge is 2.70. The molecule has 5 aliphatic rings. The number of allylic oxidation sites excluding steroid dienone is 2. The van der Waals surface area contributed by atoms with Gasteiger partial charge in [-0.1, -0.05) is 59.2 Å². The molecule has 0 saturated heterocycles. The first-order valence-electron chi connectivity index (χ1n) is 20.1. The van der Waals surface area contributed by atoms with E-state index in [1.807, 2.05) is 25.3 Å². The Kier molecular flexibility index (Phi) is 11.0. The number of ether oxygens (including phenoxy) is 3. The van der Waals surface area contributed by atoms with Crippen molar-refractivity contribution in [2.45, 2.75) is 125 Å². The van der Waals surface area contributed by atoms with Crippen LogP contribution in [0.15, 0.2) is 42.0 Å². The number of ketones is 1. The van der Waals surface area contributed by atoms with Gasteiger partial charge in [0, 0.05) is 17.4 Å². The van der Waals surface area contributed by atoms with E-state index in [4.69, 9.17) is 19.9 Å². The van der Waals surface area contributed by atoms with E-state index in [0.717, 1.165) is 62.7 Å². The summed E-state index contributed by atoms with van der Waals surface area (Å²) in [7, 11) is 1.33. The van der Waals surface area contributed by atoms with Crippen LogP contribution in [0.3, 0.4) is 0 Å². The summed E-state index contributed by atoms with van der Waals surface area (Å²) in [6.07, 6.45) is 15.2. The molecule has 0 heterocycles. The highest BCUT2D eigenvalue weighted by molar-refractivity contribution is 7.98. The number of benzene rings is 1. The number of methoxy groups -OCH3 is 1. The van der Waals surface area contributed by atoms with Gasteiger partial charge < -0.3 is 19.9 Å². The molecule has 1 aromatic rings. The Balaban J connectivity index is 1.26. The Hall–Kier alpha value is -2.91. The molecule has 6 rings (SSSR count). The van der Waals surface area contributed by atoms with Crippen LogP contribution in [-0.2, 0) is 28.7 Å². The standard InChI is InChI=1S/C45H63NO7S/c1-40(2)34-15-19-45(7)37(43(34,5)18-16-35(40)53-38(49)32(46)17-24-54-9)33(47)26-30-31-27-42(4,21-20-41(31,3)22-23-44(30,45)6)39(50)52-29-12-10-11-28(25-29)13-14-36(48)51-8/h10-14,25-26,31-32,34-35,37H,15-24,27,46H2,1-9H3/b14-13+/t31-,32+,34+,35+,37-,41-,42+,43+,44-,45-/m1/s1. The Morgan fingerprint density at radius 1 is 0.981 bits per heavy atom. The second-order valence-corrected chi connectivity index (χ2v) is 20.2. The maximum atomic E-state index is 14.9. The highest BCUT2D eigenvalue weighted by atomic mass is 32.2. The Morgan fingerprint density at radius 3 is 2.41 bits per heavy atom. The van der Waals surface area contributed by atoms with Gasteiger partial charge in [-0.25, -0.2) is 4.79 Å². The number of carbonyl (C=O) groups is 4. The Labute approximate surface area is 327 Å². The van der Waals surface area contributed by atoms with E-state index in [9.17, 15) is 19.2 Å². The summed E-state index contributed by atoms with van der Waals surface area (Å²) >= 11 is 1.68. The lowest BCUT2D eigenvalue weighted by Crippen LogP contribution is -2.67. The molecule has 0 aliphatic heterocycles. The van der Waals surface area contributed by atoms with Gasteiger partial charge in [0.25, 0.3) is 0 Å². The zero-order valence-electron chi connectivity index (χ0n) is 34.0. The van der Waals surface area contributed by atoms with E-state index in [1.54, 1.807) is 36.0 Å². The Morgan fingerprint density at radius 2 is 1.70 bits per heavy atom. The summed E-state index contributed by atoms with van der Waals surface area (Å²) in [4.78, 5) is 53.7. The number of rotatable bonds is 9. The van der Waals surface area contributed by atoms with Gasteiger partial charge in [0.05, 0.1) is 12.5 Å². The van der Waals surface area contributed by atoms with Crippen molar-refractivity contribution in [3.8, 4) is 5.75 Å². The normalized spacial score (nSPS) is 38.9. The fraction of sp³-hybridized carbons (Fsp3) is 0.689. The molecule has 8 nitrogen and oxygen atoms in total. The molecule has 0 aromatic heterocycles. The number of esters is 3. The minimum absolute atomic E-state index is 0.00505. The van der Waals surface area contributed by atoms with E-state index in [-0.39, 0.29) is 68.7 Å². The molecule has 296 valence electrons. The second-order valence-electron chi connectivity index (χ2n) is 19.2. The summed E-state index contributed by atoms with van der Waals surface area (Å²) in [6.45, 7) is 16.1. The third kappa shape index (κ3) is 6.71.